The zero-order valence-corrected chi connectivity index (χ0v) is 17.7. The highest BCUT2D eigenvalue weighted by atomic mass is 19.4. The van der Waals surface area contributed by atoms with Gasteiger partial charge in [-0.1, -0.05) is 29.4 Å². The van der Waals surface area contributed by atoms with E-state index in [1.165, 1.54) is 18.5 Å². The number of alkyl halides is 3. The molecule has 0 radical (unpaired) electrons. The van der Waals surface area contributed by atoms with Crippen molar-refractivity contribution in [3.63, 3.8) is 0 Å². The molecule has 0 spiro atoms. The van der Waals surface area contributed by atoms with Crippen molar-refractivity contribution in [2.75, 3.05) is 0 Å². The Morgan fingerprint density at radius 3 is 2.20 bits per heavy atom. The molecule has 0 bridgehead atoms. The van der Waals surface area contributed by atoms with Gasteiger partial charge in [0.05, 0.1) is 22.8 Å². The molecule has 3 aromatic heterocycles. The summed E-state index contributed by atoms with van der Waals surface area (Å²) in [6.07, 6.45) is -1.37. The maximum Gasteiger partial charge on any atom is 0.416 e. The van der Waals surface area contributed by atoms with Crippen LogP contribution < -0.4 is 0 Å². The molecule has 6 aromatic rings. The fourth-order valence-corrected chi connectivity index (χ4v) is 3.70. The molecule has 0 aliphatic heterocycles. The van der Waals surface area contributed by atoms with E-state index in [-0.39, 0.29) is 5.89 Å². The van der Waals surface area contributed by atoms with Crippen molar-refractivity contribution in [2.45, 2.75) is 6.18 Å². The van der Waals surface area contributed by atoms with Crippen LogP contribution in [0.4, 0.5) is 13.2 Å². The molecule has 1 N–H and O–H groups in total. The predicted molar refractivity (Wildman–Crippen MR) is 121 cm³/mol. The molecule has 0 saturated heterocycles. The molecule has 172 valence electrons. The van der Waals surface area contributed by atoms with Gasteiger partial charge in [0, 0.05) is 22.3 Å². The summed E-state index contributed by atoms with van der Waals surface area (Å²) >= 11 is 0. The van der Waals surface area contributed by atoms with Crippen molar-refractivity contribution in [1.82, 2.24) is 25.1 Å². The molecule has 6 rings (SSSR count). The molecule has 0 saturated carbocycles. The number of hydrogen-bond donors (Lipinski definition) is 1. The lowest BCUT2D eigenvalue weighted by Gasteiger charge is -2.05. The number of oxazole rings is 1. The van der Waals surface area contributed by atoms with Crippen molar-refractivity contribution >= 4 is 11.0 Å². The van der Waals surface area contributed by atoms with Gasteiger partial charge in [0.2, 0.25) is 5.82 Å². The molecule has 3 heterocycles. The number of rotatable bonds is 4. The number of aromatic amines is 1. The van der Waals surface area contributed by atoms with E-state index in [1.807, 2.05) is 36.4 Å². The number of imidazole rings is 1. The van der Waals surface area contributed by atoms with Crippen LogP contribution >= 0.6 is 0 Å². The van der Waals surface area contributed by atoms with Gasteiger partial charge in [-0.3, -0.25) is 0 Å². The molecule has 0 fully saturated rings. The Labute approximate surface area is 195 Å². The number of fused-ring (bicyclic) bond motifs is 1. The third-order valence-electron chi connectivity index (χ3n) is 5.50. The summed E-state index contributed by atoms with van der Waals surface area (Å²) in [5, 5.41) is 3.98. The van der Waals surface area contributed by atoms with Gasteiger partial charge in [-0.15, -0.1) is 0 Å². The first-order chi connectivity index (χ1) is 16.9. The standard InChI is InChI=1S/C25H14F3N5O2/c26-25(27,28)18-8-5-16(6-9-18)24-32-23(33-35-24)17-7-10-19-20(11-17)31-22(30-19)15-3-1-14(2-4-15)21-12-29-13-34-21/h1-13H,(H,30,31). The molecule has 10 heteroatoms. The number of hydrogen-bond acceptors (Lipinski definition) is 6. The van der Waals surface area contributed by atoms with Crippen LogP contribution in [-0.2, 0) is 6.18 Å². The first-order valence-electron chi connectivity index (χ1n) is 10.4. The van der Waals surface area contributed by atoms with Gasteiger partial charge < -0.3 is 13.9 Å². The van der Waals surface area contributed by atoms with E-state index >= 15 is 0 Å². The summed E-state index contributed by atoms with van der Waals surface area (Å²) in [6, 6.07) is 17.8. The van der Waals surface area contributed by atoms with Crippen LogP contribution in [0.15, 0.2) is 88.3 Å². The van der Waals surface area contributed by atoms with Crippen molar-refractivity contribution in [2.24, 2.45) is 0 Å². The zero-order valence-electron chi connectivity index (χ0n) is 17.7. The minimum absolute atomic E-state index is 0.131. The average molecular weight is 473 g/mol. The van der Waals surface area contributed by atoms with Crippen molar-refractivity contribution in [3.8, 4) is 45.6 Å². The Morgan fingerprint density at radius 2 is 1.49 bits per heavy atom. The van der Waals surface area contributed by atoms with Crippen LogP contribution in [-0.4, -0.2) is 25.1 Å². The van der Waals surface area contributed by atoms with Gasteiger partial charge in [0.1, 0.15) is 5.82 Å². The van der Waals surface area contributed by atoms with E-state index in [0.717, 1.165) is 34.3 Å². The quantitative estimate of drug-likeness (QED) is 0.309. The van der Waals surface area contributed by atoms with Gasteiger partial charge in [-0.2, -0.15) is 18.2 Å². The summed E-state index contributed by atoms with van der Waals surface area (Å²) in [4.78, 5) is 16.2. The SMILES string of the molecule is FC(F)(F)c1ccc(-c2nc(-c3ccc4nc(-c5ccc(-c6cnco6)cc5)[nH]c4c3)no2)cc1. The summed E-state index contributed by atoms with van der Waals surface area (Å²) in [5.74, 6) is 1.82. The molecule has 0 aliphatic carbocycles. The smallest absolute Gasteiger partial charge is 0.416 e. The van der Waals surface area contributed by atoms with Crippen molar-refractivity contribution in [1.29, 1.82) is 0 Å². The second-order valence-electron chi connectivity index (χ2n) is 7.76. The Bertz CT molecular complexity index is 1620. The number of benzene rings is 3. The van der Waals surface area contributed by atoms with Gasteiger partial charge in [-0.25, -0.2) is 9.97 Å². The lowest BCUT2D eigenvalue weighted by atomic mass is 10.1. The van der Waals surface area contributed by atoms with E-state index in [1.54, 1.807) is 12.3 Å². The number of nitrogens with one attached hydrogen (secondary N) is 1. The Hall–Kier alpha value is -4.73. The highest BCUT2D eigenvalue weighted by molar-refractivity contribution is 5.83. The van der Waals surface area contributed by atoms with Gasteiger partial charge in [0.25, 0.3) is 5.89 Å². The molecule has 35 heavy (non-hydrogen) atoms. The second-order valence-corrected chi connectivity index (χ2v) is 7.76. The predicted octanol–water partition coefficient (Wildman–Crippen LogP) is 6.62. The van der Waals surface area contributed by atoms with Crippen LogP contribution in [0.3, 0.4) is 0 Å². The summed E-state index contributed by atoms with van der Waals surface area (Å²) in [7, 11) is 0. The number of halogens is 3. The fourth-order valence-electron chi connectivity index (χ4n) is 3.70. The molecule has 0 aliphatic rings. The second kappa shape index (κ2) is 7.94. The third-order valence-corrected chi connectivity index (χ3v) is 5.50. The molecule has 7 nitrogen and oxygen atoms in total. The summed E-state index contributed by atoms with van der Waals surface area (Å²) in [5.41, 5.74) is 3.67. The zero-order chi connectivity index (χ0) is 24.0. The largest absolute Gasteiger partial charge is 0.444 e. The summed E-state index contributed by atoms with van der Waals surface area (Å²) in [6.45, 7) is 0. The number of H-pyrrole nitrogens is 1. The van der Waals surface area contributed by atoms with E-state index in [9.17, 15) is 13.2 Å². The maximum atomic E-state index is 12.8. The highest BCUT2D eigenvalue weighted by Crippen LogP contribution is 2.32. The lowest BCUT2D eigenvalue weighted by molar-refractivity contribution is -0.137. The fraction of sp³-hybridized carbons (Fsp3) is 0.0400. The van der Waals surface area contributed by atoms with Crippen LogP contribution in [0.25, 0.3) is 56.6 Å². The van der Waals surface area contributed by atoms with Crippen LogP contribution in [0.5, 0.6) is 0 Å². The number of nitrogens with zero attached hydrogens (tertiary/aromatic N) is 4. The Morgan fingerprint density at radius 1 is 0.771 bits per heavy atom. The van der Waals surface area contributed by atoms with E-state index < -0.39 is 11.7 Å². The normalized spacial score (nSPS) is 11.9. The maximum absolute atomic E-state index is 12.8. The van der Waals surface area contributed by atoms with Crippen LogP contribution in [0, 0.1) is 0 Å². The third kappa shape index (κ3) is 3.95. The van der Waals surface area contributed by atoms with Gasteiger partial charge in [-0.05, 0) is 42.5 Å². The molecule has 0 amide bonds. The molecule has 3 aromatic carbocycles. The minimum atomic E-state index is -4.41. The van der Waals surface area contributed by atoms with E-state index in [2.05, 4.69) is 25.1 Å². The Balaban J connectivity index is 1.27. The molecule has 0 unspecified atom stereocenters. The van der Waals surface area contributed by atoms with E-state index in [0.29, 0.717) is 28.5 Å². The van der Waals surface area contributed by atoms with E-state index in [4.69, 9.17) is 8.94 Å². The molecular weight excluding hydrogens is 459 g/mol. The summed E-state index contributed by atoms with van der Waals surface area (Å²) < 4.78 is 49.0. The van der Waals surface area contributed by atoms with Crippen molar-refractivity contribution < 1.29 is 22.1 Å². The van der Waals surface area contributed by atoms with Crippen LogP contribution in [0.2, 0.25) is 0 Å². The van der Waals surface area contributed by atoms with Gasteiger partial charge >= 0.3 is 6.18 Å². The first kappa shape index (κ1) is 20.8. The van der Waals surface area contributed by atoms with Crippen LogP contribution in [0.1, 0.15) is 5.56 Å². The lowest BCUT2D eigenvalue weighted by Crippen LogP contribution is -2.03. The average Bonchev–Trinajstić information content (AvgIpc) is 3.64. The number of aromatic nitrogens is 5. The topological polar surface area (TPSA) is 93.6 Å². The van der Waals surface area contributed by atoms with Crippen molar-refractivity contribution in [3.05, 3.63) is 84.9 Å². The molecular formula is C25H14F3N5O2. The Kier molecular flexibility index (Phi) is 4.73. The molecule has 0 atom stereocenters. The monoisotopic (exact) mass is 473 g/mol. The highest BCUT2D eigenvalue weighted by Gasteiger charge is 2.30. The minimum Gasteiger partial charge on any atom is -0.444 e. The first-order valence-corrected chi connectivity index (χ1v) is 10.4. The van der Waals surface area contributed by atoms with Gasteiger partial charge in [0.15, 0.2) is 12.2 Å².